The van der Waals surface area contributed by atoms with Crippen LogP contribution in [0.2, 0.25) is 0 Å². The highest BCUT2D eigenvalue weighted by Gasteiger charge is 2.05. The minimum atomic E-state index is -0.425. The predicted molar refractivity (Wildman–Crippen MR) is 60.7 cm³/mol. The lowest BCUT2D eigenvalue weighted by molar-refractivity contribution is 0.130. The highest BCUT2D eigenvalue weighted by Crippen LogP contribution is 2.11. The highest BCUT2D eigenvalue weighted by atomic mass is 16.6. The predicted octanol–water partition coefficient (Wildman–Crippen LogP) is 3.02. The second-order valence-electron chi connectivity index (χ2n) is 3.53. The maximum Gasteiger partial charge on any atom is 0.411 e. The molecule has 0 heterocycles. The molecule has 1 N–H and O–H groups in total. The monoisotopic (exact) mass is 206 g/mol. The van der Waals surface area contributed by atoms with Gasteiger partial charge in [-0.15, -0.1) is 0 Å². The number of carbonyl (C=O) groups is 1. The topological polar surface area (TPSA) is 38.3 Å². The number of carbonyl (C=O) groups excluding carboxylic acids is 1. The number of amides is 1. The van der Waals surface area contributed by atoms with Crippen molar-refractivity contribution in [3.05, 3.63) is 36.8 Å². The van der Waals surface area contributed by atoms with E-state index < -0.39 is 6.09 Å². The van der Waals surface area contributed by atoms with E-state index in [1.54, 1.807) is 0 Å². The zero-order chi connectivity index (χ0) is 11.3. The number of benzene rings is 1. The lowest BCUT2D eigenvalue weighted by atomic mass is 10.1. The van der Waals surface area contributed by atoms with Gasteiger partial charge in [-0.05, 0) is 44.9 Å². The SMILES string of the molecule is [CH2]Cc1cccc(NC(=O)OC(C)C)c1. The fraction of sp³-hybridized carbons (Fsp3) is 0.333. The minimum Gasteiger partial charge on any atom is -0.447 e. The molecule has 1 radical (unpaired) electrons. The van der Waals surface area contributed by atoms with Crippen molar-refractivity contribution in [2.45, 2.75) is 26.4 Å². The van der Waals surface area contributed by atoms with Gasteiger partial charge in [0.15, 0.2) is 0 Å². The summed E-state index contributed by atoms with van der Waals surface area (Å²) in [7, 11) is 0. The quantitative estimate of drug-likeness (QED) is 0.825. The lowest BCUT2D eigenvalue weighted by Gasteiger charge is -2.09. The van der Waals surface area contributed by atoms with Crippen molar-refractivity contribution in [1.82, 2.24) is 0 Å². The zero-order valence-electron chi connectivity index (χ0n) is 9.12. The molecule has 15 heavy (non-hydrogen) atoms. The Labute approximate surface area is 90.4 Å². The van der Waals surface area contributed by atoms with Gasteiger partial charge in [-0.25, -0.2) is 4.79 Å². The molecule has 0 saturated heterocycles. The van der Waals surface area contributed by atoms with Gasteiger partial charge in [0, 0.05) is 5.69 Å². The average Bonchev–Trinajstić information content (AvgIpc) is 2.16. The summed E-state index contributed by atoms with van der Waals surface area (Å²) in [6, 6.07) is 7.55. The van der Waals surface area contributed by atoms with Crippen LogP contribution < -0.4 is 5.32 Å². The molecule has 3 heteroatoms. The van der Waals surface area contributed by atoms with Gasteiger partial charge in [-0.1, -0.05) is 12.1 Å². The normalized spacial score (nSPS) is 10.1. The standard InChI is InChI=1S/C12H16NO2/c1-4-10-6-5-7-11(8-10)13-12(14)15-9(2)3/h5-9H,1,4H2,2-3H3,(H,13,14). The van der Waals surface area contributed by atoms with Gasteiger partial charge in [-0.3, -0.25) is 5.32 Å². The van der Waals surface area contributed by atoms with Gasteiger partial charge in [0.1, 0.15) is 0 Å². The molecule has 0 spiro atoms. The largest absolute Gasteiger partial charge is 0.447 e. The van der Waals surface area contributed by atoms with Crippen molar-refractivity contribution < 1.29 is 9.53 Å². The summed E-state index contributed by atoms with van der Waals surface area (Å²) in [5, 5.41) is 2.66. The Morgan fingerprint density at radius 2 is 2.27 bits per heavy atom. The van der Waals surface area contributed by atoms with Gasteiger partial charge >= 0.3 is 6.09 Å². The van der Waals surface area contributed by atoms with Crippen LogP contribution in [0.15, 0.2) is 24.3 Å². The maximum absolute atomic E-state index is 11.3. The molecule has 0 aliphatic heterocycles. The van der Waals surface area contributed by atoms with Crippen molar-refractivity contribution in [1.29, 1.82) is 0 Å². The van der Waals surface area contributed by atoms with Crippen LogP contribution in [0.1, 0.15) is 19.4 Å². The van der Waals surface area contributed by atoms with E-state index >= 15 is 0 Å². The van der Waals surface area contributed by atoms with E-state index in [0.29, 0.717) is 6.42 Å². The smallest absolute Gasteiger partial charge is 0.411 e. The van der Waals surface area contributed by atoms with Crippen molar-refractivity contribution in [2.24, 2.45) is 0 Å². The van der Waals surface area contributed by atoms with Crippen LogP contribution in [0.25, 0.3) is 0 Å². The van der Waals surface area contributed by atoms with E-state index in [-0.39, 0.29) is 6.10 Å². The first-order valence-corrected chi connectivity index (χ1v) is 4.97. The van der Waals surface area contributed by atoms with Crippen LogP contribution in [0.3, 0.4) is 0 Å². The molecule has 1 amide bonds. The Morgan fingerprint density at radius 3 is 2.87 bits per heavy atom. The number of hydrogen-bond acceptors (Lipinski definition) is 2. The van der Waals surface area contributed by atoms with E-state index in [0.717, 1.165) is 11.3 Å². The second kappa shape index (κ2) is 5.39. The molecular weight excluding hydrogens is 190 g/mol. The molecule has 0 aliphatic carbocycles. The van der Waals surface area contributed by atoms with Crippen molar-refractivity contribution in [2.75, 3.05) is 5.32 Å². The first kappa shape index (κ1) is 11.6. The molecule has 3 nitrogen and oxygen atoms in total. The average molecular weight is 206 g/mol. The van der Waals surface area contributed by atoms with Gasteiger partial charge < -0.3 is 4.74 Å². The maximum atomic E-state index is 11.3. The van der Waals surface area contributed by atoms with Crippen molar-refractivity contribution in [3.63, 3.8) is 0 Å². The first-order valence-electron chi connectivity index (χ1n) is 4.97. The summed E-state index contributed by atoms with van der Waals surface area (Å²) < 4.78 is 4.96. The Hall–Kier alpha value is -1.51. The summed E-state index contributed by atoms with van der Waals surface area (Å²) in [4.78, 5) is 11.3. The molecule has 0 unspecified atom stereocenters. The number of nitrogens with one attached hydrogen (secondary N) is 1. The van der Waals surface area contributed by atoms with Gasteiger partial charge in [-0.2, -0.15) is 0 Å². The van der Waals surface area contributed by atoms with E-state index in [4.69, 9.17) is 4.74 Å². The Kier molecular flexibility index (Phi) is 4.16. The van der Waals surface area contributed by atoms with E-state index in [1.807, 2.05) is 38.1 Å². The number of hydrogen-bond donors (Lipinski definition) is 1. The number of anilines is 1. The van der Waals surface area contributed by atoms with Gasteiger partial charge in [0.05, 0.1) is 6.10 Å². The second-order valence-corrected chi connectivity index (χ2v) is 3.53. The molecule has 0 aromatic heterocycles. The molecule has 0 fully saturated rings. The molecule has 1 rings (SSSR count). The third kappa shape index (κ3) is 4.02. The molecule has 81 valence electrons. The third-order valence-electron chi connectivity index (χ3n) is 1.80. The molecule has 1 aromatic carbocycles. The first-order chi connectivity index (χ1) is 7.11. The Morgan fingerprint density at radius 1 is 1.53 bits per heavy atom. The van der Waals surface area contributed by atoms with Crippen molar-refractivity contribution in [3.8, 4) is 0 Å². The minimum absolute atomic E-state index is 0.110. The van der Waals surface area contributed by atoms with Crippen molar-refractivity contribution >= 4 is 11.8 Å². The lowest BCUT2D eigenvalue weighted by Crippen LogP contribution is -2.17. The van der Waals surface area contributed by atoms with E-state index in [1.165, 1.54) is 0 Å². The summed E-state index contributed by atoms with van der Waals surface area (Å²) in [6.45, 7) is 7.40. The highest BCUT2D eigenvalue weighted by molar-refractivity contribution is 5.84. The van der Waals surface area contributed by atoms with Crippen LogP contribution in [-0.2, 0) is 11.2 Å². The Bertz CT molecular complexity index is 334. The van der Waals surface area contributed by atoms with Crippen LogP contribution in [0, 0.1) is 6.92 Å². The molecule has 1 aromatic rings. The van der Waals surface area contributed by atoms with Crippen LogP contribution in [-0.4, -0.2) is 12.2 Å². The van der Waals surface area contributed by atoms with Crippen LogP contribution >= 0.6 is 0 Å². The summed E-state index contributed by atoms with van der Waals surface area (Å²) in [5.74, 6) is 0. The van der Waals surface area contributed by atoms with E-state index in [9.17, 15) is 4.79 Å². The van der Waals surface area contributed by atoms with Crippen LogP contribution in [0.4, 0.5) is 10.5 Å². The molecule has 0 aliphatic rings. The fourth-order valence-electron chi connectivity index (χ4n) is 1.17. The molecular formula is C12H16NO2. The molecule has 0 saturated carbocycles. The third-order valence-corrected chi connectivity index (χ3v) is 1.80. The number of rotatable bonds is 3. The summed E-state index contributed by atoms with van der Waals surface area (Å²) in [6.07, 6.45) is 0.168. The molecule has 0 bridgehead atoms. The molecule has 0 atom stereocenters. The van der Waals surface area contributed by atoms with E-state index in [2.05, 4.69) is 12.2 Å². The summed E-state index contributed by atoms with van der Waals surface area (Å²) in [5.41, 5.74) is 1.82. The number of ether oxygens (including phenoxy) is 1. The summed E-state index contributed by atoms with van der Waals surface area (Å²) >= 11 is 0. The Balaban J connectivity index is 2.60. The zero-order valence-corrected chi connectivity index (χ0v) is 9.12. The van der Waals surface area contributed by atoms with Gasteiger partial charge in [0.25, 0.3) is 0 Å². The fourth-order valence-corrected chi connectivity index (χ4v) is 1.17. The van der Waals surface area contributed by atoms with Gasteiger partial charge in [0.2, 0.25) is 0 Å². The van der Waals surface area contributed by atoms with Crippen LogP contribution in [0.5, 0.6) is 0 Å².